The van der Waals surface area contributed by atoms with Gasteiger partial charge in [-0.15, -0.1) is 0 Å². The Labute approximate surface area is 176 Å². The lowest BCUT2D eigenvalue weighted by Gasteiger charge is -2.14. The molecule has 5 nitrogen and oxygen atoms in total. The predicted molar refractivity (Wildman–Crippen MR) is 117 cm³/mol. The predicted octanol–water partition coefficient (Wildman–Crippen LogP) is 4.37. The molecule has 2 N–H and O–H groups in total. The first-order valence-corrected chi connectivity index (χ1v) is 10.5. The topological polar surface area (TPSA) is 73.3 Å². The van der Waals surface area contributed by atoms with Crippen LogP contribution in [-0.4, -0.2) is 21.2 Å². The number of hydrogen-bond donors (Lipinski definition) is 1. The maximum Gasteiger partial charge on any atom is 0.269 e. The first kappa shape index (κ1) is 17.6. The number of nitrogens with zero attached hydrogens (tertiary/aromatic N) is 3. The maximum absolute atomic E-state index is 12.0. The van der Waals surface area contributed by atoms with Crippen molar-refractivity contribution in [2.24, 2.45) is 10.7 Å². The Morgan fingerprint density at radius 3 is 2.68 bits per heavy atom. The molecular weight excluding hydrogens is 463 g/mol. The van der Waals surface area contributed by atoms with Gasteiger partial charge in [-0.25, -0.2) is 4.98 Å². The van der Waals surface area contributed by atoms with Crippen LogP contribution < -0.4 is 5.73 Å². The molecule has 0 radical (unpaired) electrons. The summed E-state index contributed by atoms with van der Waals surface area (Å²) in [5.41, 5.74) is 12.1. The molecule has 3 aromatic rings. The number of nitrogens with two attached hydrogens (primary N) is 1. The van der Waals surface area contributed by atoms with E-state index < -0.39 is 5.91 Å². The molecule has 1 atom stereocenters. The van der Waals surface area contributed by atoms with Crippen molar-refractivity contribution in [2.75, 3.05) is 0 Å². The number of hydrogen-bond acceptors (Lipinski definition) is 3. The van der Waals surface area contributed by atoms with E-state index in [2.05, 4.69) is 57.9 Å². The van der Waals surface area contributed by atoms with Crippen molar-refractivity contribution in [1.82, 2.24) is 9.55 Å². The van der Waals surface area contributed by atoms with Crippen molar-refractivity contribution < 1.29 is 4.79 Å². The van der Waals surface area contributed by atoms with Crippen LogP contribution in [0, 0.1) is 3.57 Å². The van der Waals surface area contributed by atoms with Crippen LogP contribution in [0.2, 0.25) is 0 Å². The highest BCUT2D eigenvalue weighted by atomic mass is 127. The third kappa shape index (κ3) is 2.78. The average Bonchev–Trinajstić information content (AvgIpc) is 3.45. The Kier molecular flexibility index (Phi) is 4.12. The van der Waals surface area contributed by atoms with Gasteiger partial charge in [0.15, 0.2) is 5.69 Å². The molecule has 1 aromatic heterocycles. The van der Waals surface area contributed by atoms with Gasteiger partial charge in [-0.2, -0.15) is 0 Å². The molecule has 1 fully saturated rings. The van der Waals surface area contributed by atoms with Gasteiger partial charge in [-0.1, -0.05) is 24.3 Å². The number of benzene rings is 2. The van der Waals surface area contributed by atoms with Gasteiger partial charge >= 0.3 is 0 Å². The van der Waals surface area contributed by atoms with Crippen LogP contribution in [0.3, 0.4) is 0 Å². The smallest absolute Gasteiger partial charge is 0.269 e. The van der Waals surface area contributed by atoms with Crippen LogP contribution in [0.4, 0.5) is 0 Å². The van der Waals surface area contributed by atoms with Gasteiger partial charge in [0.25, 0.3) is 5.91 Å². The summed E-state index contributed by atoms with van der Waals surface area (Å²) in [4.78, 5) is 21.3. The number of halogens is 1. The molecule has 140 valence electrons. The fourth-order valence-electron chi connectivity index (χ4n) is 3.96. The Morgan fingerprint density at radius 2 is 1.96 bits per heavy atom. The standard InChI is InChI=1S/C22H19IN4O/c1-12-21-20(22(24)28)25-11-27(21)18-9-8-14(13-6-7-13)10-16(18)19(26-12)15-4-2-3-5-17(15)23/h2-5,8-13H,6-7H2,1H3,(H2,24,28)/t12-/m0/s1. The van der Waals surface area contributed by atoms with E-state index in [0.29, 0.717) is 5.92 Å². The summed E-state index contributed by atoms with van der Waals surface area (Å²) in [6.45, 7) is 1.99. The van der Waals surface area contributed by atoms with Crippen LogP contribution in [0.1, 0.15) is 64.6 Å². The number of primary amides is 1. The summed E-state index contributed by atoms with van der Waals surface area (Å²) in [5.74, 6) is 0.121. The second-order valence-electron chi connectivity index (χ2n) is 7.40. The average molecular weight is 482 g/mol. The zero-order valence-electron chi connectivity index (χ0n) is 15.4. The maximum atomic E-state index is 12.0. The quantitative estimate of drug-likeness (QED) is 0.564. The molecule has 2 aliphatic rings. The molecule has 1 aliphatic heterocycles. The minimum Gasteiger partial charge on any atom is -0.364 e. The van der Waals surface area contributed by atoms with E-state index in [0.717, 1.165) is 31.8 Å². The molecule has 5 rings (SSSR count). The van der Waals surface area contributed by atoms with Gasteiger partial charge in [0.05, 0.1) is 23.1 Å². The Bertz CT molecular complexity index is 1140. The van der Waals surface area contributed by atoms with Gasteiger partial charge in [0.2, 0.25) is 0 Å². The van der Waals surface area contributed by atoms with Crippen molar-refractivity contribution >= 4 is 34.2 Å². The number of carbonyl (C=O) groups excluding carboxylic acids is 1. The summed E-state index contributed by atoms with van der Waals surface area (Å²) in [6.07, 6.45) is 4.18. The third-order valence-electron chi connectivity index (χ3n) is 5.47. The molecule has 1 amide bonds. The van der Waals surface area contributed by atoms with E-state index in [1.54, 1.807) is 6.33 Å². The summed E-state index contributed by atoms with van der Waals surface area (Å²) in [5, 5.41) is 0. The fraction of sp³-hybridized carbons (Fsp3) is 0.227. The molecule has 0 unspecified atom stereocenters. The lowest BCUT2D eigenvalue weighted by molar-refractivity contribution is 0.0994. The Morgan fingerprint density at radius 1 is 1.18 bits per heavy atom. The van der Waals surface area contributed by atoms with Gasteiger partial charge in [-0.05, 0) is 72.0 Å². The summed E-state index contributed by atoms with van der Waals surface area (Å²) < 4.78 is 3.12. The summed E-state index contributed by atoms with van der Waals surface area (Å²) in [6, 6.07) is 14.6. The molecule has 2 heterocycles. The van der Waals surface area contributed by atoms with Gasteiger partial charge < -0.3 is 5.73 Å². The minimum atomic E-state index is -0.523. The third-order valence-corrected chi connectivity index (χ3v) is 6.41. The molecule has 6 heteroatoms. The van der Waals surface area contributed by atoms with Crippen molar-refractivity contribution in [3.63, 3.8) is 0 Å². The Hall–Kier alpha value is -2.48. The van der Waals surface area contributed by atoms with E-state index in [9.17, 15) is 4.79 Å². The lowest BCUT2D eigenvalue weighted by atomic mass is 9.97. The van der Waals surface area contributed by atoms with Crippen molar-refractivity contribution in [2.45, 2.75) is 31.7 Å². The monoisotopic (exact) mass is 482 g/mol. The van der Waals surface area contributed by atoms with Crippen molar-refractivity contribution in [3.8, 4) is 5.69 Å². The zero-order chi connectivity index (χ0) is 19.4. The van der Waals surface area contributed by atoms with E-state index >= 15 is 0 Å². The molecule has 0 bridgehead atoms. The molecule has 0 saturated heterocycles. The molecule has 0 spiro atoms. The summed E-state index contributed by atoms with van der Waals surface area (Å²) >= 11 is 2.36. The summed E-state index contributed by atoms with van der Waals surface area (Å²) in [7, 11) is 0. The van der Waals surface area contributed by atoms with Crippen LogP contribution >= 0.6 is 22.6 Å². The highest BCUT2D eigenvalue weighted by Gasteiger charge is 2.30. The fourth-order valence-corrected chi connectivity index (χ4v) is 4.60. The molecule has 1 saturated carbocycles. The molecule has 2 aromatic carbocycles. The van der Waals surface area contributed by atoms with Gasteiger partial charge in [-0.3, -0.25) is 14.4 Å². The van der Waals surface area contributed by atoms with Crippen LogP contribution in [0.5, 0.6) is 0 Å². The second-order valence-corrected chi connectivity index (χ2v) is 8.56. The lowest BCUT2D eigenvalue weighted by Crippen LogP contribution is -2.15. The van der Waals surface area contributed by atoms with Crippen molar-refractivity contribution in [1.29, 1.82) is 0 Å². The number of imidazole rings is 1. The van der Waals surface area contributed by atoms with E-state index in [1.165, 1.54) is 18.4 Å². The highest BCUT2D eigenvalue weighted by molar-refractivity contribution is 14.1. The number of aromatic nitrogens is 2. The molecular formula is C22H19IN4O. The highest BCUT2D eigenvalue weighted by Crippen LogP contribution is 2.42. The number of rotatable bonds is 3. The normalized spacial score (nSPS) is 18.1. The van der Waals surface area contributed by atoms with E-state index in [4.69, 9.17) is 10.7 Å². The zero-order valence-corrected chi connectivity index (χ0v) is 17.6. The molecule has 28 heavy (non-hydrogen) atoms. The number of fused-ring (bicyclic) bond motifs is 3. The second kappa shape index (κ2) is 6.55. The van der Waals surface area contributed by atoms with Crippen LogP contribution in [-0.2, 0) is 0 Å². The van der Waals surface area contributed by atoms with Crippen LogP contribution in [0.15, 0.2) is 53.8 Å². The number of aliphatic imine (C=N–C) groups is 1. The first-order chi connectivity index (χ1) is 13.5. The number of carbonyl (C=O) groups is 1. The largest absolute Gasteiger partial charge is 0.364 e. The SMILES string of the molecule is C[C@@H]1N=C(c2ccccc2I)c2cc(C3CC3)ccc2-n2cnc(C(N)=O)c21. The minimum absolute atomic E-state index is 0.243. The number of amides is 1. The van der Waals surface area contributed by atoms with Crippen LogP contribution in [0.25, 0.3) is 5.69 Å². The van der Waals surface area contributed by atoms with Crippen molar-refractivity contribution in [3.05, 3.63) is 80.4 Å². The van der Waals surface area contributed by atoms with E-state index in [-0.39, 0.29) is 11.7 Å². The van der Waals surface area contributed by atoms with Gasteiger partial charge in [0.1, 0.15) is 6.33 Å². The van der Waals surface area contributed by atoms with Gasteiger partial charge in [0, 0.05) is 14.7 Å². The molecule has 1 aliphatic carbocycles. The van der Waals surface area contributed by atoms with E-state index in [1.807, 2.05) is 23.6 Å². The first-order valence-electron chi connectivity index (χ1n) is 9.39. The Balaban J connectivity index is 1.81.